The molecule has 8 heteroatoms. The summed E-state index contributed by atoms with van der Waals surface area (Å²) >= 11 is 0. The highest BCUT2D eigenvalue weighted by Crippen LogP contribution is 2.26. The van der Waals surface area contributed by atoms with Crippen LogP contribution in [0.4, 0.5) is 10.5 Å². The number of amides is 4. The van der Waals surface area contributed by atoms with Crippen molar-refractivity contribution < 1.29 is 23.9 Å². The van der Waals surface area contributed by atoms with Crippen LogP contribution in [-0.4, -0.2) is 43.5 Å². The number of carbonyl (C=O) groups is 4. The number of nitrogens with zero attached hydrogens (tertiary/aromatic N) is 1. The molecule has 1 aliphatic heterocycles. The Morgan fingerprint density at radius 2 is 2.04 bits per heavy atom. The number of benzene rings is 1. The third-order valence-electron chi connectivity index (χ3n) is 3.93. The van der Waals surface area contributed by atoms with Gasteiger partial charge in [0.05, 0.1) is 12.8 Å². The van der Waals surface area contributed by atoms with Crippen LogP contribution < -0.4 is 15.5 Å². The van der Waals surface area contributed by atoms with Gasteiger partial charge in [0.25, 0.3) is 11.8 Å². The second-order valence-electron chi connectivity index (χ2n) is 5.65. The molecule has 134 valence electrons. The maximum Gasteiger partial charge on any atom is 0.329 e. The van der Waals surface area contributed by atoms with Gasteiger partial charge < -0.3 is 15.4 Å². The van der Waals surface area contributed by atoms with Gasteiger partial charge >= 0.3 is 12.0 Å². The van der Waals surface area contributed by atoms with Crippen molar-refractivity contribution in [3.63, 3.8) is 0 Å². The average molecular weight is 347 g/mol. The van der Waals surface area contributed by atoms with Gasteiger partial charge in [-0.25, -0.2) is 9.69 Å². The third kappa shape index (κ3) is 3.96. The van der Waals surface area contributed by atoms with Crippen molar-refractivity contribution in [2.24, 2.45) is 0 Å². The van der Waals surface area contributed by atoms with Crippen LogP contribution in [0, 0.1) is 6.92 Å². The first-order valence-corrected chi connectivity index (χ1v) is 7.99. The summed E-state index contributed by atoms with van der Waals surface area (Å²) < 4.78 is 4.55. The van der Waals surface area contributed by atoms with Crippen LogP contribution >= 0.6 is 0 Å². The number of nitrogens with one attached hydrogen (secondary N) is 2. The molecule has 1 fully saturated rings. The normalized spacial score (nSPS) is 16.6. The molecule has 1 aromatic carbocycles. The summed E-state index contributed by atoms with van der Waals surface area (Å²) in [4.78, 5) is 49.1. The molecule has 1 atom stereocenters. The molecule has 4 amide bonds. The molecule has 0 radical (unpaired) electrons. The number of hydrogen-bond donors (Lipinski definition) is 2. The minimum Gasteiger partial charge on any atom is -0.469 e. The summed E-state index contributed by atoms with van der Waals surface area (Å²) in [7, 11) is 1.26. The molecule has 0 aromatic heterocycles. The topological polar surface area (TPSA) is 105 Å². The Kier molecular flexibility index (Phi) is 5.74. The molecule has 0 unspecified atom stereocenters. The van der Waals surface area contributed by atoms with Crippen LogP contribution in [0.15, 0.2) is 18.2 Å². The van der Waals surface area contributed by atoms with E-state index in [9.17, 15) is 19.2 Å². The zero-order chi connectivity index (χ0) is 18.6. The Hall–Kier alpha value is -2.90. The van der Waals surface area contributed by atoms with Crippen molar-refractivity contribution >= 4 is 29.5 Å². The fourth-order valence-corrected chi connectivity index (χ4v) is 2.57. The van der Waals surface area contributed by atoms with Crippen LogP contribution in [0.5, 0.6) is 0 Å². The Labute approximate surface area is 145 Å². The lowest BCUT2D eigenvalue weighted by atomic mass is 10.1. The maximum atomic E-state index is 12.6. The SMILES string of the molecule is CCNC(=O)c1ccc(C)c(N2C(=O)N[C@@H](CCC(=O)OC)C2=O)c1. The van der Waals surface area contributed by atoms with Crippen molar-refractivity contribution in [3.05, 3.63) is 29.3 Å². The molecule has 1 heterocycles. The molecule has 0 saturated carbocycles. The van der Waals surface area contributed by atoms with E-state index in [0.717, 1.165) is 4.90 Å². The molecule has 8 nitrogen and oxygen atoms in total. The van der Waals surface area contributed by atoms with E-state index in [1.807, 2.05) is 0 Å². The highest BCUT2D eigenvalue weighted by atomic mass is 16.5. The largest absolute Gasteiger partial charge is 0.469 e. The van der Waals surface area contributed by atoms with Gasteiger partial charge in [0.2, 0.25) is 0 Å². The molecule has 1 saturated heterocycles. The Morgan fingerprint density at radius 3 is 2.68 bits per heavy atom. The predicted molar refractivity (Wildman–Crippen MR) is 90.2 cm³/mol. The maximum absolute atomic E-state index is 12.6. The smallest absolute Gasteiger partial charge is 0.329 e. The predicted octanol–water partition coefficient (Wildman–Crippen LogP) is 1.12. The second-order valence-corrected chi connectivity index (χ2v) is 5.65. The van der Waals surface area contributed by atoms with Crippen molar-refractivity contribution in [2.75, 3.05) is 18.6 Å². The zero-order valence-corrected chi connectivity index (χ0v) is 14.4. The summed E-state index contributed by atoms with van der Waals surface area (Å²) in [6, 6.07) is 3.47. The number of esters is 1. The van der Waals surface area contributed by atoms with Gasteiger partial charge in [0, 0.05) is 18.5 Å². The Bertz CT molecular complexity index is 716. The highest BCUT2D eigenvalue weighted by molar-refractivity contribution is 6.22. The fourth-order valence-electron chi connectivity index (χ4n) is 2.57. The minimum absolute atomic E-state index is 0.0267. The monoisotopic (exact) mass is 347 g/mol. The third-order valence-corrected chi connectivity index (χ3v) is 3.93. The molecule has 0 aliphatic carbocycles. The molecular formula is C17H21N3O5. The van der Waals surface area contributed by atoms with Crippen molar-refractivity contribution in [3.8, 4) is 0 Å². The van der Waals surface area contributed by atoms with Gasteiger partial charge in [-0.2, -0.15) is 0 Å². The number of carbonyl (C=O) groups excluding carboxylic acids is 4. The minimum atomic E-state index is -0.792. The van der Waals surface area contributed by atoms with Gasteiger partial charge in [-0.05, 0) is 38.0 Å². The molecule has 1 aliphatic rings. The van der Waals surface area contributed by atoms with Crippen molar-refractivity contribution in [1.29, 1.82) is 0 Å². The molecule has 0 spiro atoms. The van der Waals surface area contributed by atoms with Gasteiger partial charge in [0.15, 0.2) is 0 Å². The van der Waals surface area contributed by atoms with Gasteiger partial charge in [-0.1, -0.05) is 6.07 Å². The van der Waals surface area contributed by atoms with Crippen LogP contribution in [0.25, 0.3) is 0 Å². The number of methoxy groups -OCH3 is 1. The summed E-state index contributed by atoms with van der Waals surface area (Å²) in [5.74, 6) is -1.18. The lowest BCUT2D eigenvalue weighted by molar-refractivity contribution is -0.140. The summed E-state index contributed by atoms with van der Waals surface area (Å²) in [6.07, 6.45) is 0.182. The lowest BCUT2D eigenvalue weighted by Crippen LogP contribution is -2.32. The number of imide groups is 1. The first kappa shape index (κ1) is 18.4. The first-order valence-electron chi connectivity index (χ1n) is 7.99. The van der Waals surface area contributed by atoms with Gasteiger partial charge in [0.1, 0.15) is 6.04 Å². The van der Waals surface area contributed by atoms with Gasteiger partial charge in [-0.15, -0.1) is 0 Å². The van der Waals surface area contributed by atoms with E-state index in [-0.39, 0.29) is 18.7 Å². The second kappa shape index (κ2) is 7.78. The van der Waals surface area contributed by atoms with E-state index in [1.54, 1.807) is 26.0 Å². The summed E-state index contributed by atoms with van der Waals surface area (Å²) in [5.41, 5.74) is 1.40. The number of aryl methyl sites for hydroxylation is 1. The molecule has 25 heavy (non-hydrogen) atoms. The number of urea groups is 1. The molecular weight excluding hydrogens is 326 g/mol. The number of ether oxygens (including phenoxy) is 1. The highest BCUT2D eigenvalue weighted by Gasteiger charge is 2.39. The molecule has 0 bridgehead atoms. The number of anilines is 1. The van der Waals surface area contributed by atoms with Crippen LogP contribution in [0.2, 0.25) is 0 Å². The standard InChI is InChI=1S/C17H21N3O5/c1-4-18-15(22)11-6-5-10(2)13(9-11)20-16(23)12(19-17(20)24)7-8-14(21)25-3/h5-6,9,12H,4,7-8H2,1-3H3,(H,18,22)(H,19,24)/t12-/m0/s1. The average Bonchev–Trinajstić information content (AvgIpc) is 2.87. The molecule has 2 rings (SSSR count). The number of rotatable bonds is 6. The summed E-state index contributed by atoms with van der Waals surface area (Å²) in [6.45, 7) is 4.02. The van der Waals surface area contributed by atoms with E-state index in [1.165, 1.54) is 13.2 Å². The van der Waals surface area contributed by atoms with Crippen molar-refractivity contribution in [1.82, 2.24) is 10.6 Å². The van der Waals surface area contributed by atoms with E-state index in [2.05, 4.69) is 15.4 Å². The van der Waals surface area contributed by atoms with Crippen LogP contribution in [-0.2, 0) is 14.3 Å². The van der Waals surface area contributed by atoms with Gasteiger partial charge in [-0.3, -0.25) is 14.4 Å². The van der Waals surface area contributed by atoms with E-state index in [0.29, 0.717) is 23.4 Å². The zero-order valence-electron chi connectivity index (χ0n) is 14.4. The number of hydrogen-bond acceptors (Lipinski definition) is 5. The van der Waals surface area contributed by atoms with Crippen LogP contribution in [0.3, 0.4) is 0 Å². The summed E-state index contributed by atoms with van der Waals surface area (Å²) in [5, 5.41) is 5.24. The fraction of sp³-hybridized carbons (Fsp3) is 0.412. The molecule has 2 N–H and O–H groups in total. The first-order chi connectivity index (χ1) is 11.9. The van der Waals surface area contributed by atoms with Crippen molar-refractivity contribution in [2.45, 2.75) is 32.7 Å². The Morgan fingerprint density at radius 1 is 1.32 bits per heavy atom. The lowest BCUT2D eigenvalue weighted by Gasteiger charge is -2.17. The molecule has 1 aromatic rings. The van der Waals surface area contributed by atoms with E-state index >= 15 is 0 Å². The Balaban J connectivity index is 2.24. The quantitative estimate of drug-likeness (QED) is 0.593. The van der Waals surface area contributed by atoms with E-state index in [4.69, 9.17) is 0 Å². The van der Waals surface area contributed by atoms with Crippen LogP contribution in [0.1, 0.15) is 35.7 Å². The van der Waals surface area contributed by atoms with E-state index < -0.39 is 23.9 Å².